The van der Waals surface area contributed by atoms with E-state index in [1.807, 2.05) is 29.2 Å². The number of benzene rings is 2. The van der Waals surface area contributed by atoms with E-state index >= 15 is 0 Å². The van der Waals surface area contributed by atoms with Gasteiger partial charge in [0.25, 0.3) is 5.91 Å². The second-order valence-electron chi connectivity index (χ2n) is 7.40. The van der Waals surface area contributed by atoms with Gasteiger partial charge in [0.05, 0.1) is 11.0 Å². The maximum atomic E-state index is 13.5. The van der Waals surface area contributed by atoms with E-state index in [0.29, 0.717) is 41.3 Å². The number of furan rings is 1. The maximum absolute atomic E-state index is 13.5. The van der Waals surface area contributed by atoms with Crippen LogP contribution in [-0.2, 0) is 0 Å². The van der Waals surface area contributed by atoms with Crippen LogP contribution in [0.4, 0.5) is 4.39 Å². The van der Waals surface area contributed by atoms with Crippen molar-refractivity contribution in [3.05, 3.63) is 65.4 Å². The number of imidazole rings is 1. The second kappa shape index (κ2) is 6.48. The van der Waals surface area contributed by atoms with Crippen LogP contribution in [0.15, 0.2) is 46.9 Å². The molecule has 28 heavy (non-hydrogen) atoms. The van der Waals surface area contributed by atoms with Gasteiger partial charge in [0.1, 0.15) is 17.2 Å². The molecule has 6 heteroatoms. The van der Waals surface area contributed by atoms with Crippen molar-refractivity contribution in [1.82, 2.24) is 14.9 Å². The number of H-pyrrole nitrogens is 1. The molecule has 0 bridgehead atoms. The lowest BCUT2D eigenvalue weighted by Gasteiger charge is -2.30. The van der Waals surface area contributed by atoms with E-state index in [2.05, 4.69) is 4.98 Å². The number of nitrogens with zero attached hydrogens (tertiary/aromatic N) is 2. The van der Waals surface area contributed by atoms with Gasteiger partial charge in [-0.2, -0.15) is 0 Å². The van der Waals surface area contributed by atoms with Gasteiger partial charge < -0.3 is 14.3 Å². The van der Waals surface area contributed by atoms with E-state index in [0.717, 1.165) is 29.7 Å². The van der Waals surface area contributed by atoms with E-state index in [1.165, 1.54) is 12.1 Å². The van der Waals surface area contributed by atoms with Gasteiger partial charge in [0.2, 0.25) is 0 Å². The van der Waals surface area contributed by atoms with Crippen LogP contribution in [0.25, 0.3) is 22.0 Å². The monoisotopic (exact) mass is 377 g/mol. The minimum absolute atomic E-state index is 0.128. The largest absolute Gasteiger partial charge is 0.451 e. The van der Waals surface area contributed by atoms with Gasteiger partial charge in [-0.05, 0) is 50.1 Å². The minimum atomic E-state index is -0.331. The van der Waals surface area contributed by atoms with E-state index in [4.69, 9.17) is 9.40 Å². The number of nitrogens with one attached hydrogen (secondary N) is 1. The first-order chi connectivity index (χ1) is 13.6. The molecule has 1 saturated heterocycles. The lowest BCUT2D eigenvalue weighted by molar-refractivity contribution is 0.0680. The lowest BCUT2D eigenvalue weighted by atomic mass is 9.96. The third-order valence-corrected chi connectivity index (χ3v) is 5.67. The summed E-state index contributed by atoms with van der Waals surface area (Å²) in [5, 5.41) is 0.653. The van der Waals surface area contributed by atoms with Crippen LogP contribution >= 0.6 is 0 Å². The number of aromatic nitrogens is 2. The topological polar surface area (TPSA) is 62.1 Å². The molecular formula is C22H20FN3O2. The number of para-hydroxylation sites is 2. The summed E-state index contributed by atoms with van der Waals surface area (Å²) in [6, 6.07) is 12.3. The average Bonchev–Trinajstić information content (AvgIpc) is 3.29. The fourth-order valence-electron chi connectivity index (χ4n) is 4.06. The molecule has 3 heterocycles. The lowest BCUT2D eigenvalue weighted by Crippen LogP contribution is -2.38. The maximum Gasteiger partial charge on any atom is 0.289 e. The summed E-state index contributed by atoms with van der Waals surface area (Å²) >= 11 is 0. The Balaban J connectivity index is 1.34. The van der Waals surface area contributed by atoms with E-state index in [-0.39, 0.29) is 11.7 Å². The summed E-state index contributed by atoms with van der Waals surface area (Å²) in [7, 11) is 0. The molecule has 0 spiro atoms. The molecule has 1 amide bonds. The SMILES string of the molecule is Cc1c(C(=O)N2CCC(c3nc4ccccc4[nH]3)CC2)oc2ccc(F)cc12. The van der Waals surface area contributed by atoms with Gasteiger partial charge in [-0.3, -0.25) is 4.79 Å². The predicted octanol–water partition coefficient (Wildman–Crippen LogP) is 4.78. The third kappa shape index (κ3) is 2.76. The minimum Gasteiger partial charge on any atom is -0.451 e. The molecule has 1 N–H and O–H groups in total. The highest BCUT2D eigenvalue weighted by molar-refractivity contribution is 5.99. The zero-order valence-electron chi connectivity index (χ0n) is 15.5. The number of hydrogen-bond acceptors (Lipinski definition) is 3. The van der Waals surface area contributed by atoms with E-state index < -0.39 is 0 Å². The van der Waals surface area contributed by atoms with Gasteiger partial charge in [-0.1, -0.05) is 12.1 Å². The van der Waals surface area contributed by atoms with Crippen LogP contribution in [0, 0.1) is 12.7 Å². The normalized spacial score (nSPS) is 15.6. The molecule has 0 saturated carbocycles. The molecule has 0 atom stereocenters. The van der Waals surface area contributed by atoms with Crippen LogP contribution in [-0.4, -0.2) is 33.9 Å². The third-order valence-electron chi connectivity index (χ3n) is 5.67. The van der Waals surface area contributed by atoms with Crippen molar-refractivity contribution in [3.8, 4) is 0 Å². The highest BCUT2D eigenvalue weighted by atomic mass is 19.1. The quantitative estimate of drug-likeness (QED) is 0.547. The molecule has 0 radical (unpaired) electrons. The number of piperidine rings is 1. The average molecular weight is 377 g/mol. The van der Waals surface area contributed by atoms with E-state index in [9.17, 15) is 9.18 Å². The van der Waals surface area contributed by atoms with Gasteiger partial charge in [0.15, 0.2) is 5.76 Å². The number of amides is 1. The number of fused-ring (bicyclic) bond motifs is 2. The second-order valence-corrected chi connectivity index (χ2v) is 7.40. The van der Waals surface area contributed by atoms with Gasteiger partial charge in [-0.25, -0.2) is 9.37 Å². The first-order valence-electron chi connectivity index (χ1n) is 9.53. The summed E-state index contributed by atoms with van der Waals surface area (Å²) in [4.78, 5) is 22.9. The summed E-state index contributed by atoms with van der Waals surface area (Å²) in [5.74, 6) is 1.15. The van der Waals surface area contributed by atoms with Crippen LogP contribution in [0.2, 0.25) is 0 Å². The molecule has 4 aromatic rings. The van der Waals surface area contributed by atoms with Crippen molar-refractivity contribution in [2.24, 2.45) is 0 Å². The summed E-state index contributed by atoms with van der Waals surface area (Å²) in [6.45, 7) is 3.09. The molecule has 1 aliphatic heterocycles. The Bertz CT molecular complexity index is 1150. The predicted molar refractivity (Wildman–Crippen MR) is 105 cm³/mol. The number of aryl methyl sites for hydroxylation is 1. The zero-order valence-corrected chi connectivity index (χ0v) is 15.5. The molecule has 142 valence electrons. The van der Waals surface area contributed by atoms with Gasteiger partial charge >= 0.3 is 0 Å². The van der Waals surface area contributed by atoms with Gasteiger partial charge in [0, 0.05) is 30.0 Å². The first-order valence-corrected chi connectivity index (χ1v) is 9.53. The highest BCUT2D eigenvalue weighted by Crippen LogP contribution is 2.31. The zero-order chi connectivity index (χ0) is 19.3. The number of likely N-dealkylation sites (tertiary alicyclic amines) is 1. The Morgan fingerprint density at radius 2 is 2.00 bits per heavy atom. The molecule has 0 aliphatic carbocycles. The Morgan fingerprint density at radius 1 is 1.21 bits per heavy atom. The molecule has 1 fully saturated rings. The van der Waals surface area contributed by atoms with Crippen LogP contribution < -0.4 is 0 Å². The Morgan fingerprint density at radius 3 is 2.79 bits per heavy atom. The Labute approximate surface area is 161 Å². The van der Waals surface area contributed by atoms with Gasteiger partial charge in [-0.15, -0.1) is 0 Å². The number of aromatic amines is 1. The van der Waals surface area contributed by atoms with Crippen molar-refractivity contribution >= 4 is 27.9 Å². The van der Waals surface area contributed by atoms with Crippen molar-refractivity contribution in [1.29, 1.82) is 0 Å². The molecule has 2 aromatic heterocycles. The molecule has 1 aliphatic rings. The number of halogens is 1. The fourth-order valence-corrected chi connectivity index (χ4v) is 4.06. The number of rotatable bonds is 2. The van der Waals surface area contributed by atoms with Crippen LogP contribution in [0.3, 0.4) is 0 Å². The van der Waals surface area contributed by atoms with Crippen molar-refractivity contribution in [3.63, 3.8) is 0 Å². The molecule has 2 aromatic carbocycles. The highest BCUT2D eigenvalue weighted by Gasteiger charge is 2.29. The Hall–Kier alpha value is -3.15. The molecule has 5 rings (SSSR count). The molecule has 5 nitrogen and oxygen atoms in total. The summed E-state index contributed by atoms with van der Waals surface area (Å²) in [6.07, 6.45) is 1.69. The Kier molecular flexibility index (Phi) is 3.93. The van der Waals surface area contributed by atoms with Crippen LogP contribution in [0.5, 0.6) is 0 Å². The molecular weight excluding hydrogens is 357 g/mol. The van der Waals surface area contributed by atoms with Crippen molar-refractivity contribution < 1.29 is 13.6 Å². The summed E-state index contributed by atoms with van der Waals surface area (Å²) < 4.78 is 19.3. The number of hydrogen-bond donors (Lipinski definition) is 1. The number of carbonyl (C=O) groups excluding carboxylic acids is 1. The van der Waals surface area contributed by atoms with E-state index in [1.54, 1.807) is 13.0 Å². The van der Waals surface area contributed by atoms with Crippen molar-refractivity contribution in [2.45, 2.75) is 25.7 Å². The fraction of sp³-hybridized carbons (Fsp3) is 0.273. The summed E-state index contributed by atoms with van der Waals surface area (Å²) in [5.41, 5.74) is 3.25. The first kappa shape index (κ1) is 17.0. The van der Waals surface area contributed by atoms with Crippen LogP contribution in [0.1, 0.15) is 40.7 Å². The molecule has 0 unspecified atom stereocenters. The van der Waals surface area contributed by atoms with Crippen molar-refractivity contribution in [2.75, 3.05) is 13.1 Å². The standard InChI is InChI=1S/C22H20FN3O2/c1-13-16-12-15(23)6-7-19(16)28-20(13)22(27)26-10-8-14(9-11-26)21-24-17-4-2-3-5-18(17)25-21/h2-7,12,14H,8-11H2,1H3,(H,24,25). The number of carbonyl (C=O) groups is 1. The smallest absolute Gasteiger partial charge is 0.289 e.